The van der Waals surface area contributed by atoms with Gasteiger partial charge in [0.2, 0.25) is 18.6 Å². The van der Waals surface area contributed by atoms with Crippen LogP contribution in [0.5, 0.6) is 11.5 Å². The zero-order valence-electron chi connectivity index (χ0n) is 15.6. The first kappa shape index (κ1) is 18.9. The summed E-state index contributed by atoms with van der Waals surface area (Å²) in [4.78, 5) is 31.3. The molecule has 3 heterocycles. The molecule has 1 atom stereocenters. The topological polar surface area (TPSA) is 80.8 Å². The van der Waals surface area contributed by atoms with Gasteiger partial charge >= 0.3 is 0 Å². The minimum absolute atomic E-state index is 0.107. The molecule has 1 aromatic heterocycles. The van der Waals surface area contributed by atoms with E-state index in [1.165, 1.54) is 11.3 Å². The molecule has 2 aliphatic heterocycles. The predicted octanol–water partition coefficient (Wildman–Crippen LogP) is 4.18. The van der Waals surface area contributed by atoms with Crippen molar-refractivity contribution in [3.05, 3.63) is 52.9 Å². The predicted molar refractivity (Wildman–Crippen MR) is 114 cm³/mol. The van der Waals surface area contributed by atoms with Crippen LogP contribution >= 0.6 is 22.9 Å². The van der Waals surface area contributed by atoms with Crippen LogP contribution in [0.1, 0.15) is 6.42 Å². The van der Waals surface area contributed by atoms with Crippen molar-refractivity contribution in [1.29, 1.82) is 0 Å². The maximum atomic E-state index is 12.7. The molecule has 3 aromatic rings. The number of nitrogens with one attached hydrogen (secondary N) is 1. The zero-order chi connectivity index (χ0) is 20.7. The maximum Gasteiger partial charge on any atom is 0.231 e. The molecule has 1 saturated heterocycles. The fraction of sp³-hybridized carbons (Fsp3) is 0.190. The highest BCUT2D eigenvalue weighted by molar-refractivity contribution is 7.14. The van der Waals surface area contributed by atoms with Crippen molar-refractivity contribution in [3.8, 4) is 22.8 Å². The van der Waals surface area contributed by atoms with Gasteiger partial charge in [0.1, 0.15) is 0 Å². The van der Waals surface area contributed by atoms with E-state index in [0.29, 0.717) is 39.6 Å². The van der Waals surface area contributed by atoms with Crippen molar-refractivity contribution in [2.45, 2.75) is 6.42 Å². The molecule has 0 saturated carbocycles. The minimum atomic E-state index is -0.462. The number of benzene rings is 2. The number of fused-ring (bicyclic) bond motifs is 1. The van der Waals surface area contributed by atoms with E-state index < -0.39 is 5.92 Å². The van der Waals surface area contributed by atoms with Crippen LogP contribution in [-0.4, -0.2) is 30.1 Å². The van der Waals surface area contributed by atoms with Crippen LogP contribution in [-0.2, 0) is 9.59 Å². The van der Waals surface area contributed by atoms with Gasteiger partial charge in [-0.25, -0.2) is 4.98 Å². The Morgan fingerprint density at radius 2 is 2.03 bits per heavy atom. The third-order valence-corrected chi connectivity index (χ3v) is 6.14. The van der Waals surface area contributed by atoms with Gasteiger partial charge in [-0.2, -0.15) is 0 Å². The second kappa shape index (κ2) is 7.62. The van der Waals surface area contributed by atoms with E-state index >= 15 is 0 Å². The summed E-state index contributed by atoms with van der Waals surface area (Å²) in [7, 11) is 0. The van der Waals surface area contributed by atoms with Crippen molar-refractivity contribution in [2.75, 3.05) is 23.6 Å². The first-order valence-corrected chi connectivity index (χ1v) is 10.6. The average Bonchev–Trinajstić information content (AvgIpc) is 3.47. The van der Waals surface area contributed by atoms with Crippen LogP contribution in [0.3, 0.4) is 0 Å². The number of amides is 2. The standard InChI is InChI=1S/C21H16ClN3O4S/c22-15-4-2-1-3-14(15)16-10-30-21(23-16)24-20(27)12-7-19(26)25(9-12)13-5-6-17-18(8-13)29-11-28-17/h1-6,8,10,12H,7,9,11H2,(H,23,24,27). The van der Waals surface area contributed by atoms with Gasteiger partial charge in [-0.05, 0) is 18.2 Å². The van der Waals surface area contributed by atoms with Crippen LogP contribution < -0.4 is 19.7 Å². The Bertz CT molecular complexity index is 1150. The zero-order valence-corrected chi connectivity index (χ0v) is 17.2. The van der Waals surface area contributed by atoms with Crippen LogP contribution in [0.25, 0.3) is 11.3 Å². The number of carbonyl (C=O) groups excluding carboxylic acids is 2. The molecule has 2 aromatic carbocycles. The summed E-state index contributed by atoms with van der Waals surface area (Å²) in [6, 6.07) is 12.7. The molecule has 1 fully saturated rings. The van der Waals surface area contributed by atoms with Gasteiger partial charge < -0.3 is 19.7 Å². The number of hydrogen-bond donors (Lipinski definition) is 1. The summed E-state index contributed by atoms with van der Waals surface area (Å²) in [6.07, 6.45) is 0.142. The average molecular weight is 442 g/mol. The van der Waals surface area contributed by atoms with Crippen LogP contribution in [0.2, 0.25) is 5.02 Å². The number of anilines is 2. The van der Waals surface area contributed by atoms with Crippen LogP contribution in [0, 0.1) is 5.92 Å². The molecular weight excluding hydrogens is 426 g/mol. The molecule has 0 radical (unpaired) electrons. The van der Waals surface area contributed by atoms with E-state index in [-0.39, 0.29) is 25.0 Å². The fourth-order valence-electron chi connectivity index (χ4n) is 3.52. The van der Waals surface area contributed by atoms with Gasteiger partial charge in [-0.15, -0.1) is 11.3 Å². The summed E-state index contributed by atoms with van der Waals surface area (Å²) < 4.78 is 10.7. The Labute approximate surface area is 181 Å². The van der Waals surface area contributed by atoms with Gasteiger partial charge in [0.15, 0.2) is 16.6 Å². The highest BCUT2D eigenvalue weighted by atomic mass is 35.5. The lowest BCUT2D eigenvalue weighted by molar-refractivity contribution is -0.122. The molecule has 1 unspecified atom stereocenters. The molecule has 152 valence electrons. The van der Waals surface area contributed by atoms with Gasteiger partial charge in [-0.1, -0.05) is 29.8 Å². The lowest BCUT2D eigenvalue weighted by atomic mass is 10.1. The minimum Gasteiger partial charge on any atom is -0.454 e. The van der Waals surface area contributed by atoms with E-state index in [4.69, 9.17) is 21.1 Å². The molecule has 5 rings (SSSR count). The third kappa shape index (κ3) is 3.48. The largest absolute Gasteiger partial charge is 0.454 e. The highest BCUT2D eigenvalue weighted by Gasteiger charge is 2.36. The lowest BCUT2D eigenvalue weighted by Gasteiger charge is -2.17. The molecule has 0 spiro atoms. The number of halogens is 1. The van der Waals surface area contributed by atoms with Crippen molar-refractivity contribution in [1.82, 2.24) is 4.98 Å². The van der Waals surface area contributed by atoms with Crippen molar-refractivity contribution in [3.63, 3.8) is 0 Å². The number of thiazole rings is 1. The van der Waals surface area contributed by atoms with Gasteiger partial charge in [0.25, 0.3) is 0 Å². The number of ether oxygens (including phenoxy) is 2. The number of rotatable bonds is 4. The normalized spacial score (nSPS) is 17.4. The molecule has 7 nitrogen and oxygen atoms in total. The Balaban J connectivity index is 1.27. The Hall–Kier alpha value is -3.10. The Morgan fingerprint density at radius 1 is 1.20 bits per heavy atom. The van der Waals surface area contributed by atoms with E-state index in [2.05, 4.69) is 10.3 Å². The molecular formula is C21H16ClN3O4S. The smallest absolute Gasteiger partial charge is 0.231 e. The first-order chi connectivity index (χ1) is 14.6. The first-order valence-electron chi connectivity index (χ1n) is 9.30. The lowest BCUT2D eigenvalue weighted by Crippen LogP contribution is -2.28. The van der Waals surface area contributed by atoms with E-state index in [1.807, 2.05) is 23.6 Å². The monoisotopic (exact) mass is 441 g/mol. The Kier molecular flexibility index (Phi) is 4.80. The number of nitrogens with zero attached hydrogens (tertiary/aromatic N) is 2. The van der Waals surface area contributed by atoms with Gasteiger partial charge in [-0.3, -0.25) is 9.59 Å². The molecule has 1 N–H and O–H groups in total. The fourth-order valence-corrected chi connectivity index (χ4v) is 4.46. The van der Waals surface area contributed by atoms with Crippen molar-refractivity contribution in [2.24, 2.45) is 5.92 Å². The highest BCUT2D eigenvalue weighted by Crippen LogP contribution is 2.37. The molecule has 0 bridgehead atoms. The summed E-state index contributed by atoms with van der Waals surface area (Å²) in [5.74, 6) is 0.452. The number of carbonyl (C=O) groups is 2. The molecule has 9 heteroatoms. The summed E-state index contributed by atoms with van der Waals surface area (Å²) in [6.45, 7) is 0.467. The quantitative estimate of drug-likeness (QED) is 0.656. The summed E-state index contributed by atoms with van der Waals surface area (Å²) >= 11 is 7.54. The van der Waals surface area contributed by atoms with Crippen molar-refractivity contribution >= 4 is 45.6 Å². The van der Waals surface area contributed by atoms with E-state index in [0.717, 1.165) is 5.56 Å². The summed E-state index contributed by atoms with van der Waals surface area (Å²) in [5, 5.41) is 5.75. The van der Waals surface area contributed by atoms with E-state index in [1.54, 1.807) is 29.2 Å². The van der Waals surface area contributed by atoms with Gasteiger partial charge in [0, 0.05) is 40.7 Å². The molecule has 2 amide bonds. The van der Waals surface area contributed by atoms with Gasteiger partial charge in [0.05, 0.1) is 11.6 Å². The second-order valence-electron chi connectivity index (χ2n) is 6.95. The second-order valence-corrected chi connectivity index (χ2v) is 8.22. The van der Waals surface area contributed by atoms with Crippen LogP contribution in [0.4, 0.5) is 10.8 Å². The summed E-state index contributed by atoms with van der Waals surface area (Å²) in [5.41, 5.74) is 2.20. The maximum absolute atomic E-state index is 12.7. The third-order valence-electron chi connectivity index (χ3n) is 5.05. The molecule has 2 aliphatic rings. The van der Waals surface area contributed by atoms with E-state index in [9.17, 15) is 9.59 Å². The number of hydrogen-bond acceptors (Lipinski definition) is 6. The molecule has 0 aliphatic carbocycles. The number of aromatic nitrogens is 1. The molecule has 30 heavy (non-hydrogen) atoms. The van der Waals surface area contributed by atoms with Crippen molar-refractivity contribution < 1.29 is 19.1 Å². The SMILES string of the molecule is O=C(Nc1nc(-c2ccccc2Cl)cs1)C1CC(=O)N(c2ccc3c(c2)OCO3)C1. The Morgan fingerprint density at radius 3 is 2.90 bits per heavy atom. The van der Waals surface area contributed by atoms with Crippen LogP contribution in [0.15, 0.2) is 47.8 Å².